The van der Waals surface area contributed by atoms with Crippen molar-refractivity contribution in [2.45, 2.75) is 12.8 Å². The van der Waals surface area contributed by atoms with Gasteiger partial charge in [0.15, 0.2) is 0 Å². The SMILES string of the molecule is Nc1ccc(O)cc1C(=O)N1CCN(C(=O)C2CC2)CC1. The average molecular weight is 289 g/mol. The molecule has 1 aromatic carbocycles. The summed E-state index contributed by atoms with van der Waals surface area (Å²) in [7, 11) is 0. The van der Waals surface area contributed by atoms with E-state index in [1.165, 1.54) is 18.2 Å². The van der Waals surface area contributed by atoms with Crippen molar-refractivity contribution in [3.63, 3.8) is 0 Å². The number of carbonyl (C=O) groups is 2. The molecule has 1 saturated heterocycles. The molecule has 21 heavy (non-hydrogen) atoms. The molecular formula is C15H19N3O3. The van der Waals surface area contributed by atoms with Crippen molar-refractivity contribution < 1.29 is 14.7 Å². The Labute approximate surface area is 123 Å². The van der Waals surface area contributed by atoms with E-state index in [0.29, 0.717) is 37.4 Å². The van der Waals surface area contributed by atoms with Crippen molar-refractivity contribution in [3.8, 4) is 5.75 Å². The third-order valence-electron chi connectivity index (χ3n) is 4.07. The van der Waals surface area contributed by atoms with Crippen LogP contribution < -0.4 is 5.73 Å². The van der Waals surface area contributed by atoms with Gasteiger partial charge in [-0.15, -0.1) is 0 Å². The standard InChI is InChI=1S/C15H19N3O3/c16-13-4-3-11(19)9-12(13)15(21)18-7-5-17(6-8-18)14(20)10-1-2-10/h3-4,9-10,19H,1-2,5-8,16H2. The molecule has 0 atom stereocenters. The number of phenolic OH excluding ortho intramolecular Hbond substituents is 1. The molecule has 3 rings (SSSR count). The smallest absolute Gasteiger partial charge is 0.256 e. The van der Waals surface area contributed by atoms with Gasteiger partial charge in [-0.2, -0.15) is 0 Å². The van der Waals surface area contributed by atoms with Crippen molar-refractivity contribution in [2.24, 2.45) is 5.92 Å². The van der Waals surface area contributed by atoms with Crippen molar-refractivity contribution >= 4 is 17.5 Å². The van der Waals surface area contributed by atoms with Crippen LogP contribution in [0.3, 0.4) is 0 Å². The number of hydrogen-bond acceptors (Lipinski definition) is 4. The fourth-order valence-corrected chi connectivity index (χ4v) is 2.62. The first-order chi connectivity index (χ1) is 10.1. The zero-order chi connectivity index (χ0) is 15.0. The highest BCUT2D eigenvalue weighted by atomic mass is 16.3. The second-order valence-electron chi connectivity index (χ2n) is 5.66. The van der Waals surface area contributed by atoms with E-state index >= 15 is 0 Å². The quantitative estimate of drug-likeness (QED) is 0.619. The van der Waals surface area contributed by atoms with Crippen LogP contribution in [0.4, 0.5) is 5.69 Å². The van der Waals surface area contributed by atoms with Gasteiger partial charge >= 0.3 is 0 Å². The van der Waals surface area contributed by atoms with Crippen molar-refractivity contribution in [2.75, 3.05) is 31.9 Å². The zero-order valence-electron chi connectivity index (χ0n) is 11.8. The molecule has 0 unspecified atom stereocenters. The predicted octanol–water partition coefficient (Wildman–Crippen LogP) is 0.669. The number of aromatic hydroxyl groups is 1. The number of piperazine rings is 1. The largest absolute Gasteiger partial charge is 0.508 e. The fraction of sp³-hybridized carbons (Fsp3) is 0.467. The van der Waals surface area contributed by atoms with Crippen LogP contribution in [0.25, 0.3) is 0 Å². The molecule has 0 bridgehead atoms. The third-order valence-corrected chi connectivity index (χ3v) is 4.07. The van der Waals surface area contributed by atoms with Crippen LogP contribution in [0.1, 0.15) is 23.2 Å². The molecule has 1 aliphatic heterocycles. The zero-order valence-corrected chi connectivity index (χ0v) is 11.8. The predicted molar refractivity (Wildman–Crippen MR) is 77.7 cm³/mol. The number of carbonyl (C=O) groups excluding carboxylic acids is 2. The highest BCUT2D eigenvalue weighted by molar-refractivity contribution is 5.99. The molecule has 1 heterocycles. The van der Waals surface area contributed by atoms with Gasteiger partial charge in [-0.3, -0.25) is 9.59 Å². The molecule has 2 aliphatic rings. The molecule has 0 aromatic heterocycles. The number of hydrogen-bond donors (Lipinski definition) is 2. The molecule has 1 saturated carbocycles. The summed E-state index contributed by atoms with van der Waals surface area (Å²) in [5, 5.41) is 9.49. The molecule has 0 spiro atoms. The van der Waals surface area contributed by atoms with E-state index in [9.17, 15) is 14.7 Å². The van der Waals surface area contributed by atoms with Gasteiger partial charge in [-0.05, 0) is 31.0 Å². The van der Waals surface area contributed by atoms with Gasteiger partial charge in [-0.25, -0.2) is 0 Å². The number of benzene rings is 1. The van der Waals surface area contributed by atoms with Gasteiger partial charge in [0.2, 0.25) is 5.91 Å². The Balaban J connectivity index is 1.64. The number of anilines is 1. The minimum Gasteiger partial charge on any atom is -0.508 e. The summed E-state index contributed by atoms with van der Waals surface area (Å²) in [6.07, 6.45) is 2.00. The number of amides is 2. The van der Waals surface area contributed by atoms with Gasteiger partial charge in [0.1, 0.15) is 5.75 Å². The number of phenols is 1. The number of nitrogen functional groups attached to an aromatic ring is 1. The summed E-state index contributed by atoms with van der Waals surface area (Å²) < 4.78 is 0. The van der Waals surface area contributed by atoms with Crippen LogP contribution in [0.5, 0.6) is 5.75 Å². The van der Waals surface area contributed by atoms with E-state index in [0.717, 1.165) is 12.8 Å². The monoisotopic (exact) mass is 289 g/mol. The minimum atomic E-state index is -0.193. The summed E-state index contributed by atoms with van der Waals surface area (Å²) in [6.45, 7) is 2.15. The van der Waals surface area contributed by atoms with E-state index in [-0.39, 0.29) is 23.5 Å². The lowest BCUT2D eigenvalue weighted by molar-refractivity contribution is -0.134. The summed E-state index contributed by atoms with van der Waals surface area (Å²) in [5.74, 6) is 0.268. The van der Waals surface area contributed by atoms with Crippen LogP contribution in [0.2, 0.25) is 0 Å². The number of nitrogens with zero attached hydrogens (tertiary/aromatic N) is 2. The third kappa shape index (κ3) is 2.79. The Hall–Kier alpha value is -2.24. The van der Waals surface area contributed by atoms with Crippen LogP contribution in [-0.2, 0) is 4.79 Å². The molecule has 6 nitrogen and oxygen atoms in total. The number of rotatable bonds is 2. The Kier molecular flexibility index (Phi) is 3.45. The molecule has 0 radical (unpaired) electrons. The lowest BCUT2D eigenvalue weighted by atomic mass is 10.1. The van der Waals surface area contributed by atoms with E-state index in [2.05, 4.69) is 0 Å². The topological polar surface area (TPSA) is 86.9 Å². The second kappa shape index (κ2) is 5.27. The first kappa shape index (κ1) is 13.7. The summed E-state index contributed by atoms with van der Waals surface area (Å²) in [4.78, 5) is 27.9. The van der Waals surface area contributed by atoms with Gasteiger partial charge < -0.3 is 20.6 Å². The van der Waals surface area contributed by atoms with E-state index in [4.69, 9.17) is 5.73 Å². The molecule has 6 heteroatoms. The molecule has 2 fully saturated rings. The lowest BCUT2D eigenvalue weighted by Crippen LogP contribution is -2.51. The Bertz CT molecular complexity index is 576. The van der Waals surface area contributed by atoms with E-state index in [1.807, 2.05) is 4.90 Å². The van der Waals surface area contributed by atoms with Crippen LogP contribution in [0, 0.1) is 5.92 Å². The maximum Gasteiger partial charge on any atom is 0.256 e. The Morgan fingerprint density at radius 2 is 1.71 bits per heavy atom. The molecule has 2 amide bonds. The first-order valence-electron chi connectivity index (χ1n) is 7.23. The van der Waals surface area contributed by atoms with Crippen molar-refractivity contribution in [3.05, 3.63) is 23.8 Å². The average Bonchev–Trinajstić information content (AvgIpc) is 3.33. The summed E-state index contributed by atoms with van der Waals surface area (Å²) in [6, 6.07) is 4.37. The van der Waals surface area contributed by atoms with Crippen LogP contribution in [-0.4, -0.2) is 52.9 Å². The van der Waals surface area contributed by atoms with Gasteiger partial charge in [0, 0.05) is 37.8 Å². The summed E-state index contributed by atoms with van der Waals surface area (Å²) in [5.41, 5.74) is 6.47. The second-order valence-corrected chi connectivity index (χ2v) is 5.66. The Morgan fingerprint density at radius 1 is 1.10 bits per heavy atom. The van der Waals surface area contributed by atoms with E-state index < -0.39 is 0 Å². The molecule has 3 N–H and O–H groups in total. The first-order valence-corrected chi connectivity index (χ1v) is 7.23. The summed E-state index contributed by atoms with van der Waals surface area (Å²) >= 11 is 0. The maximum atomic E-state index is 12.4. The molecule has 1 aliphatic carbocycles. The fourth-order valence-electron chi connectivity index (χ4n) is 2.62. The minimum absolute atomic E-state index is 0.0232. The lowest BCUT2D eigenvalue weighted by Gasteiger charge is -2.35. The highest BCUT2D eigenvalue weighted by Gasteiger charge is 2.35. The van der Waals surface area contributed by atoms with Crippen LogP contribution >= 0.6 is 0 Å². The molecular weight excluding hydrogens is 270 g/mol. The van der Waals surface area contributed by atoms with Crippen molar-refractivity contribution in [1.29, 1.82) is 0 Å². The molecule has 112 valence electrons. The van der Waals surface area contributed by atoms with E-state index in [1.54, 1.807) is 4.90 Å². The van der Waals surface area contributed by atoms with Gasteiger partial charge in [0.25, 0.3) is 5.91 Å². The molecule has 1 aromatic rings. The van der Waals surface area contributed by atoms with Crippen molar-refractivity contribution in [1.82, 2.24) is 9.80 Å². The van der Waals surface area contributed by atoms with Gasteiger partial charge in [0.05, 0.1) is 5.56 Å². The van der Waals surface area contributed by atoms with Gasteiger partial charge in [-0.1, -0.05) is 0 Å². The highest BCUT2D eigenvalue weighted by Crippen LogP contribution is 2.31. The normalized spacial score (nSPS) is 18.7. The number of nitrogens with two attached hydrogens (primary N) is 1. The van der Waals surface area contributed by atoms with Crippen LogP contribution in [0.15, 0.2) is 18.2 Å². The Morgan fingerprint density at radius 3 is 2.33 bits per heavy atom. The maximum absolute atomic E-state index is 12.4.